The summed E-state index contributed by atoms with van der Waals surface area (Å²) in [5.41, 5.74) is 0.494. The van der Waals surface area contributed by atoms with Crippen molar-refractivity contribution in [2.75, 3.05) is 0 Å². The largest absolute Gasteiger partial charge is 0.474 e. The zero-order valence-electron chi connectivity index (χ0n) is 12.8. The van der Waals surface area contributed by atoms with Gasteiger partial charge in [-0.2, -0.15) is 0 Å². The van der Waals surface area contributed by atoms with Gasteiger partial charge in [0.1, 0.15) is 17.4 Å². The number of carbonyl (C=O) groups excluding carboxylic acids is 1. The van der Waals surface area contributed by atoms with Gasteiger partial charge in [-0.25, -0.2) is 4.98 Å². The van der Waals surface area contributed by atoms with E-state index in [-0.39, 0.29) is 18.1 Å². The number of nitrogens with one attached hydrogen (secondary N) is 1. The Morgan fingerprint density at radius 3 is 2.70 bits per heavy atom. The molecule has 1 aliphatic rings. The number of aromatic nitrogens is 2. The molecule has 1 aliphatic carbocycles. The lowest BCUT2D eigenvalue weighted by atomic mass is 9.92. The topological polar surface area (TPSA) is 77.2 Å². The molecule has 122 valence electrons. The Hall–Kier alpha value is -2.08. The molecule has 3 rings (SSSR count). The molecular weight excluding hydrogens is 318 g/mol. The first-order chi connectivity index (χ1) is 11.1. The van der Waals surface area contributed by atoms with E-state index < -0.39 is 0 Å². The van der Waals surface area contributed by atoms with Gasteiger partial charge >= 0.3 is 0 Å². The summed E-state index contributed by atoms with van der Waals surface area (Å²) >= 11 is 5.81. The summed E-state index contributed by atoms with van der Waals surface area (Å²) in [6.07, 6.45) is 6.63. The summed E-state index contributed by atoms with van der Waals surface area (Å²) in [5.74, 6) is 0.989. The van der Waals surface area contributed by atoms with Crippen LogP contribution in [0.25, 0.3) is 0 Å². The van der Waals surface area contributed by atoms with Crippen LogP contribution < -0.4 is 10.1 Å². The second-order valence-electron chi connectivity index (χ2n) is 5.68. The summed E-state index contributed by atoms with van der Waals surface area (Å²) in [6, 6.07) is 3.68. The van der Waals surface area contributed by atoms with Crippen LogP contribution in [-0.4, -0.2) is 28.2 Å². The summed E-state index contributed by atoms with van der Waals surface area (Å²) < 4.78 is 10.8. The molecule has 1 fully saturated rings. The molecule has 2 aromatic rings. The zero-order chi connectivity index (χ0) is 16.2. The second kappa shape index (κ2) is 7.00. The number of nitrogens with zero attached hydrogens (tertiary/aromatic N) is 2. The summed E-state index contributed by atoms with van der Waals surface area (Å²) in [6.45, 7) is 1.73. The van der Waals surface area contributed by atoms with Gasteiger partial charge in [-0.1, -0.05) is 16.8 Å². The molecule has 2 heterocycles. The van der Waals surface area contributed by atoms with Gasteiger partial charge in [0.2, 0.25) is 5.88 Å². The van der Waals surface area contributed by atoms with Crippen LogP contribution in [0.15, 0.2) is 29.0 Å². The number of ether oxygens (including phenoxy) is 1. The Balaban J connectivity index is 1.48. The quantitative estimate of drug-likeness (QED) is 0.928. The van der Waals surface area contributed by atoms with Crippen molar-refractivity contribution in [1.82, 2.24) is 15.5 Å². The maximum Gasteiger partial charge on any atom is 0.256 e. The van der Waals surface area contributed by atoms with Gasteiger partial charge in [0, 0.05) is 18.3 Å². The molecule has 7 heteroatoms. The maximum atomic E-state index is 12.1. The monoisotopic (exact) mass is 335 g/mol. The molecule has 1 amide bonds. The first kappa shape index (κ1) is 15.8. The van der Waals surface area contributed by atoms with Gasteiger partial charge < -0.3 is 14.6 Å². The van der Waals surface area contributed by atoms with E-state index in [2.05, 4.69) is 15.5 Å². The lowest BCUT2D eigenvalue weighted by Gasteiger charge is -2.29. The van der Waals surface area contributed by atoms with Gasteiger partial charge in [0.05, 0.1) is 11.2 Å². The molecule has 0 saturated heterocycles. The minimum absolute atomic E-state index is 0.120. The molecule has 1 N–H and O–H groups in total. The van der Waals surface area contributed by atoms with Crippen molar-refractivity contribution in [3.8, 4) is 5.88 Å². The van der Waals surface area contributed by atoms with E-state index >= 15 is 0 Å². The van der Waals surface area contributed by atoms with Crippen LogP contribution in [0.1, 0.15) is 41.8 Å². The van der Waals surface area contributed by atoms with Crippen molar-refractivity contribution in [1.29, 1.82) is 0 Å². The van der Waals surface area contributed by atoms with E-state index in [0.717, 1.165) is 25.7 Å². The second-order valence-corrected chi connectivity index (χ2v) is 6.11. The molecule has 0 bridgehead atoms. The van der Waals surface area contributed by atoms with Crippen LogP contribution in [0.4, 0.5) is 0 Å². The van der Waals surface area contributed by atoms with Crippen molar-refractivity contribution < 1.29 is 14.1 Å². The van der Waals surface area contributed by atoms with Crippen molar-refractivity contribution in [2.24, 2.45) is 0 Å². The number of carbonyl (C=O) groups is 1. The average molecular weight is 336 g/mol. The molecule has 0 spiro atoms. The van der Waals surface area contributed by atoms with Gasteiger partial charge in [-0.15, -0.1) is 0 Å². The van der Waals surface area contributed by atoms with Crippen LogP contribution in [0.2, 0.25) is 5.02 Å². The summed E-state index contributed by atoms with van der Waals surface area (Å²) in [4.78, 5) is 16.3. The molecule has 0 unspecified atom stereocenters. The van der Waals surface area contributed by atoms with Crippen molar-refractivity contribution in [2.45, 2.75) is 44.8 Å². The Morgan fingerprint density at radius 1 is 1.30 bits per heavy atom. The molecular formula is C16H18ClN3O3. The molecule has 0 radical (unpaired) electrons. The van der Waals surface area contributed by atoms with E-state index in [1.807, 2.05) is 0 Å². The molecule has 23 heavy (non-hydrogen) atoms. The first-order valence-electron chi connectivity index (χ1n) is 7.62. The molecule has 6 nitrogen and oxygen atoms in total. The molecule has 0 atom stereocenters. The van der Waals surface area contributed by atoms with E-state index in [0.29, 0.717) is 22.2 Å². The van der Waals surface area contributed by atoms with Crippen LogP contribution in [0.3, 0.4) is 0 Å². The van der Waals surface area contributed by atoms with Crippen molar-refractivity contribution >= 4 is 17.5 Å². The van der Waals surface area contributed by atoms with Crippen molar-refractivity contribution in [3.63, 3.8) is 0 Å². The predicted molar refractivity (Wildman–Crippen MR) is 84.6 cm³/mol. The first-order valence-corrected chi connectivity index (χ1v) is 8.00. The SMILES string of the molecule is Cc1oncc1C(=O)NC1CCC(Oc2ccc(Cl)cn2)CC1. The lowest BCUT2D eigenvalue weighted by Crippen LogP contribution is -2.39. The van der Waals surface area contributed by atoms with E-state index in [1.54, 1.807) is 25.3 Å². The fraction of sp³-hybridized carbons (Fsp3) is 0.438. The third kappa shape index (κ3) is 4.01. The zero-order valence-corrected chi connectivity index (χ0v) is 13.5. The number of rotatable bonds is 4. The average Bonchev–Trinajstić information content (AvgIpc) is 2.98. The van der Waals surface area contributed by atoms with Gasteiger partial charge in [0.15, 0.2) is 0 Å². The fourth-order valence-electron chi connectivity index (χ4n) is 2.71. The lowest BCUT2D eigenvalue weighted by molar-refractivity contribution is 0.0888. The molecule has 0 aliphatic heterocycles. The fourth-order valence-corrected chi connectivity index (χ4v) is 2.82. The third-order valence-corrected chi connectivity index (χ3v) is 4.22. The Bertz CT molecular complexity index is 663. The third-order valence-electron chi connectivity index (χ3n) is 3.99. The minimum atomic E-state index is -0.132. The summed E-state index contributed by atoms with van der Waals surface area (Å²) in [5, 5.41) is 7.25. The van der Waals surface area contributed by atoms with Crippen LogP contribution >= 0.6 is 11.6 Å². The molecule has 1 saturated carbocycles. The Labute approximate surface area is 139 Å². The number of hydrogen-bond donors (Lipinski definition) is 1. The van der Waals surface area contributed by atoms with Gasteiger partial charge in [-0.3, -0.25) is 4.79 Å². The highest BCUT2D eigenvalue weighted by atomic mass is 35.5. The highest BCUT2D eigenvalue weighted by Crippen LogP contribution is 2.24. The highest BCUT2D eigenvalue weighted by molar-refractivity contribution is 6.30. The highest BCUT2D eigenvalue weighted by Gasteiger charge is 2.25. The summed E-state index contributed by atoms with van der Waals surface area (Å²) in [7, 11) is 0. The van der Waals surface area contributed by atoms with Crippen LogP contribution in [-0.2, 0) is 0 Å². The Morgan fingerprint density at radius 2 is 2.09 bits per heavy atom. The van der Waals surface area contributed by atoms with Crippen LogP contribution in [0.5, 0.6) is 5.88 Å². The number of hydrogen-bond acceptors (Lipinski definition) is 5. The van der Waals surface area contributed by atoms with Crippen molar-refractivity contribution in [3.05, 3.63) is 40.9 Å². The molecule has 0 aromatic carbocycles. The van der Waals surface area contributed by atoms with Crippen LogP contribution in [0, 0.1) is 6.92 Å². The van der Waals surface area contributed by atoms with Gasteiger partial charge in [-0.05, 0) is 38.7 Å². The number of amides is 1. The standard InChI is InChI=1S/C16H18ClN3O3/c1-10-14(9-19-23-10)16(21)20-12-3-5-13(6-4-12)22-15-7-2-11(17)8-18-15/h2,7-9,12-13H,3-6H2,1H3,(H,20,21). The predicted octanol–water partition coefficient (Wildman–Crippen LogP) is 3.15. The smallest absolute Gasteiger partial charge is 0.256 e. The molecule has 2 aromatic heterocycles. The van der Waals surface area contributed by atoms with E-state index in [1.165, 1.54) is 6.20 Å². The maximum absolute atomic E-state index is 12.1. The van der Waals surface area contributed by atoms with E-state index in [9.17, 15) is 4.79 Å². The number of aryl methyl sites for hydroxylation is 1. The number of halogens is 1. The Kier molecular flexibility index (Phi) is 4.81. The number of pyridine rings is 1. The van der Waals surface area contributed by atoms with E-state index in [4.69, 9.17) is 20.9 Å². The van der Waals surface area contributed by atoms with Gasteiger partial charge in [0.25, 0.3) is 5.91 Å². The normalized spacial score (nSPS) is 21.0. The minimum Gasteiger partial charge on any atom is -0.474 e.